The van der Waals surface area contributed by atoms with Gasteiger partial charge in [0.05, 0.1) is 23.1 Å². The van der Waals surface area contributed by atoms with Gasteiger partial charge in [0, 0.05) is 6.54 Å². The van der Waals surface area contributed by atoms with E-state index in [-0.39, 0.29) is 5.41 Å². The Morgan fingerprint density at radius 1 is 1.21 bits per heavy atom. The van der Waals surface area contributed by atoms with Crippen LogP contribution in [0.1, 0.15) is 44.2 Å². The maximum Gasteiger partial charge on any atom is 0.0991 e. The molecule has 0 fully saturated rings. The summed E-state index contributed by atoms with van der Waals surface area (Å²) in [7, 11) is 0. The summed E-state index contributed by atoms with van der Waals surface area (Å²) in [6.07, 6.45) is 3.07. The summed E-state index contributed by atoms with van der Waals surface area (Å²) in [5.41, 5.74) is 1.63. The molecule has 3 heteroatoms. The van der Waals surface area contributed by atoms with Crippen LogP contribution in [0, 0.1) is 28.1 Å². The molecular weight excluding hydrogens is 234 g/mol. The number of nitrogens with zero attached hydrogens (tertiary/aromatic N) is 2. The summed E-state index contributed by atoms with van der Waals surface area (Å²) in [6, 6.07) is 12.1. The van der Waals surface area contributed by atoms with Gasteiger partial charge in [-0.15, -0.1) is 0 Å². The molecule has 0 spiro atoms. The van der Waals surface area contributed by atoms with E-state index < -0.39 is 0 Å². The first kappa shape index (κ1) is 15.2. The SMILES string of the molecule is CC(C)(C#N)CCCCNCc1cccc(C#N)c1. The molecule has 100 valence electrons. The lowest BCUT2D eigenvalue weighted by atomic mass is 9.89. The third-order valence-electron chi connectivity index (χ3n) is 3.09. The van der Waals surface area contributed by atoms with Crippen LogP contribution in [0.2, 0.25) is 0 Å². The molecule has 3 nitrogen and oxygen atoms in total. The Morgan fingerprint density at radius 3 is 2.68 bits per heavy atom. The number of nitrogens with one attached hydrogen (secondary N) is 1. The van der Waals surface area contributed by atoms with Gasteiger partial charge in [-0.05, 0) is 50.9 Å². The van der Waals surface area contributed by atoms with Gasteiger partial charge >= 0.3 is 0 Å². The van der Waals surface area contributed by atoms with E-state index in [2.05, 4.69) is 17.5 Å². The van der Waals surface area contributed by atoms with Crippen LogP contribution in [0.5, 0.6) is 0 Å². The van der Waals surface area contributed by atoms with Gasteiger partial charge in [0.15, 0.2) is 0 Å². The summed E-state index contributed by atoms with van der Waals surface area (Å²) in [5, 5.41) is 21.1. The smallest absolute Gasteiger partial charge is 0.0991 e. The van der Waals surface area contributed by atoms with Crippen molar-refractivity contribution in [1.29, 1.82) is 10.5 Å². The van der Waals surface area contributed by atoms with Crippen LogP contribution < -0.4 is 5.32 Å². The molecule has 1 N–H and O–H groups in total. The van der Waals surface area contributed by atoms with Crippen molar-refractivity contribution in [3.63, 3.8) is 0 Å². The summed E-state index contributed by atoms with van der Waals surface area (Å²) < 4.78 is 0. The maximum absolute atomic E-state index is 8.90. The fraction of sp³-hybridized carbons (Fsp3) is 0.500. The molecule has 0 heterocycles. The molecular formula is C16H21N3. The Morgan fingerprint density at radius 2 is 2.00 bits per heavy atom. The average molecular weight is 255 g/mol. The van der Waals surface area contributed by atoms with Crippen LogP contribution >= 0.6 is 0 Å². The van der Waals surface area contributed by atoms with Crippen molar-refractivity contribution in [3.05, 3.63) is 35.4 Å². The van der Waals surface area contributed by atoms with Crippen LogP contribution in [0.3, 0.4) is 0 Å². The van der Waals surface area contributed by atoms with Crippen molar-refractivity contribution >= 4 is 0 Å². The van der Waals surface area contributed by atoms with Crippen LogP contribution in [-0.2, 0) is 6.54 Å². The van der Waals surface area contributed by atoms with Crippen LogP contribution in [-0.4, -0.2) is 6.54 Å². The van der Waals surface area contributed by atoms with Crippen molar-refractivity contribution in [2.75, 3.05) is 6.54 Å². The lowest BCUT2D eigenvalue weighted by molar-refractivity contribution is 0.422. The minimum atomic E-state index is -0.207. The predicted molar refractivity (Wildman–Crippen MR) is 76.1 cm³/mol. The monoisotopic (exact) mass is 255 g/mol. The van der Waals surface area contributed by atoms with Crippen LogP contribution in [0.15, 0.2) is 24.3 Å². The van der Waals surface area contributed by atoms with E-state index in [0.29, 0.717) is 5.56 Å². The van der Waals surface area contributed by atoms with E-state index in [1.165, 1.54) is 0 Å². The average Bonchev–Trinajstić information content (AvgIpc) is 2.43. The molecule has 0 radical (unpaired) electrons. The van der Waals surface area contributed by atoms with Crippen molar-refractivity contribution in [2.45, 2.75) is 39.7 Å². The van der Waals surface area contributed by atoms with Gasteiger partial charge in [0.2, 0.25) is 0 Å². The van der Waals surface area contributed by atoms with Crippen molar-refractivity contribution in [1.82, 2.24) is 5.32 Å². The second kappa shape index (κ2) is 7.56. The van der Waals surface area contributed by atoms with Gasteiger partial charge in [0.25, 0.3) is 0 Å². The van der Waals surface area contributed by atoms with E-state index in [1.807, 2.05) is 38.1 Å². The Kier molecular flexibility index (Phi) is 6.06. The Balaban J connectivity index is 2.18. The Bertz CT molecular complexity index is 478. The minimum absolute atomic E-state index is 0.207. The summed E-state index contributed by atoms with van der Waals surface area (Å²) >= 11 is 0. The van der Waals surface area contributed by atoms with Gasteiger partial charge in [-0.25, -0.2) is 0 Å². The number of hydrogen-bond donors (Lipinski definition) is 1. The Labute approximate surface area is 115 Å². The molecule has 0 aliphatic rings. The Hall–Kier alpha value is -1.84. The first-order valence-corrected chi connectivity index (χ1v) is 6.68. The fourth-order valence-electron chi connectivity index (χ4n) is 1.86. The minimum Gasteiger partial charge on any atom is -0.313 e. The summed E-state index contributed by atoms with van der Waals surface area (Å²) in [4.78, 5) is 0. The van der Waals surface area contributed by atoms with E-state index in [1.54, 1.807) is 0 Å². The number of nitriles is 2. The molecule has 0 atom stereocenters. The molecule has 0 aliphatic heterocycles. The van der Waals surface area contributed by atoms with E-state index in [4.69, 9.17) is 10.5 Å². The van der Waals surface area contributed by atoms with Gasteiger partial charge in [-0.1, -0.05) is 18.6 Å². The molecule has 0 bridgehead atoms. The van der Waals surface area contributed by atoms with Crippen molar-refractivity contribution in [2.24, 2.45) is 5.41 Å². The van der Waals surface area contributed by atoms with E-state index in [9.17, 15) is 0 Å². The molecule has 0 saturated carbocycles. The first-order chi connectivity index (χ1) is 9.07. The van der Waals surface area contributed by atoms with Gasteiger partial charge in [0.1, 0.15) is 0 Å². The molecule has 1 rings (SSSR count). The van der Waals surface area contributed by atoms with Gasteiger partial charge in [-0.2, -0.15) is 10.5 Å². The second-order valence-corrected chi connectivity index (χ2v) is 5.44. The molecule has 0 aliphatic carbocycles. The maximum atomic E-state index is 8.90. The van der Waals surface area contributed by atoms with Gasteiger partial charge < -0.3 is 5.32 Å². The number of unbranched alkanes of at least 4 members (excludes halogenated alkanes) is 1. The highest BCUT2D eigenvalue weighted by molar-refractivity contribution is 5.32. The first-order valence-electron chi connectivity index (χ1n) is 6.68. The quantitative estimate of drug-likeness (QED) is 0.760. The predicted octanol–water partition coefficient (Wildman–Crippen LogP) is 3.37. The molecule has 0 saturated heterocycles. The normalized spacial score (nSPS) is 10.7. The standard InChI is InChI=1S/C16H21N3/c1-16(2,13-18)8-3-4-9-19-12-15-7-5-6-14(10-15)11-17/h5-7,10,19H,3-4,8-9,12H2,1-2H3. The van der Waals surface area contributed by atoms with Crippen molar-refractivity contribution in [3.8, 4) is 12.1 Å². The summed E-state index contributed by atoms with van der Waals surface area (Å²) in [6.45, 7) is 5.69. The molecule has 19 heavy (non-hydrogen) atoms. The highest BCUT2D eigenvalue weighted by atomic mass is 14.8. The molecule has 1 aromatic rings. The van der Waals surface area contributed by atoms with E-state index >= 15 is 0 Å². The highest BCUT2D eigenvalue weighted by Crippen LogP contribution is 2.21. The molecule has 0 unspecified atom stereocenters. The lowest BCUT2D eigenvalue weighted by Gasteiger charge is -2.14. The second-order valence-electron chi connectivity index (χ2n) is 5.44. The zero-order valence-electron chi connectivity index (χ0n) is 11.7. The molecule has 0 amide bonds. The number of rotatable bonds is 7. The zero-order chi connectivity index (χ0) is 14.1. The van der Waals surface area contributed by atoms with Crippen LogP contribution in [0.4, 0.5) is 0 Å². The zero-order valence-corrected chi connectivity index (χ0v) is 11.7. The number of benzene rings is 1. The highest BCUT2D eigenvalue weighted by Gasteiger charge is 2.15. The fourth-order valence-corrected chi connectivity index (χ4v) is 1.86. The lowest BCUT2D eigenvalue weighted by Crippen LogP contribution is -2.16. The molecule has 1 aromatic carbocycles. The summed E-state index contributed by atoms with van der Waals surface area (Å²) in [5.74, 6) is 0. The number of hydrogen-bond acceptors (Lipinski definition) is 3. The topological polar surface area (TPSA) is 59.6 Å². The van der Waals surface area contributed by atoms with Gasteiger partial charge in [-0.3, -0.25) is 0 Å². The third-order valence-corrected chi connectivity index (χ3v) is 3.09. The third kappa shape index (κ3) is 6.04. The van der Waals surface area contributed by atoms with Crippen LogP contribution in [0.25, 0.3) is 0 Å². The largest absolute Gasteiger partial charge is 0.313 e. The molecule has 0 aromatic heterocycles. The van der Waals surface area contributed by atoms with Crippen molar-refractivity contribution < 1.29 is 0 Å². The van der Waals surface area contributed by atoms with E-state index in [0.717, 1.165) is 37.9 Å².